The summed E-state index contributed by atoms with van der Waals surface area (Å²) in [5.41, 5.74) is 6.06. The smallest absolute Gasteiger partial charge is 0.0757 e. The molecule has 0 fully saturated rings. The molecule has 3 aromatic carbocycles. The van der Waals surface area contributed by atoms with Gasteiger partial charge in [-0.15, -0.1) is 0 Å². The van der Waals surface area contributed by atoms with Crippen molar-refractivity contribution in [1.29, 1.82) is 0 Å². The minimum atomic E-state index is -0.832. The number of nitrogens with zero attached hydrogens (tertiary/aromatic N) is 2. The van der Waals surface area contributed by atoms with Crippen LogP contribution in [0.4, 0.5) is 0 Å². The highest BCUT2D eigenvalue weighted by molar-refractivity contribution is 7.51. The molecular weight excluding hydrogens is 371 g/mol. The topological polar surface area (TPSA) is 8.82 Å². The highest BCUT2D eigenvalue weighted by atomic mass is 31.1. The highest BCUT2D eigenvalue weighted by Gasteiger charge is 2.21. The van der Waals surface area contributed by atoms with E-state index < -0.39 is 7.85 Å². The van der Waals surface area contributed by atoms with Crippen LogP contribution >= 0.6 is 7.85 Å². The third-order valence-corrected chi connectivity index (χ3v) is 8.21. The van der Waals surface area contributed by atoms with Crippen LogP contribution in [0.15, 0.2) is 92.0 Å². The number of rotatable bonds is 3. The molecule has 0 aliphatic heterocycles. The van der Waals surface area contributed by atoms with Crippen molar-refractivity contribution in [2.45, 2.75) is 0 Å². The van der Waals surface area contributed by atoms with Gasteiger partial charge in [-0.3, -0.25) is 8.33 Å². The first-order valence-corrected chi connectivity index (χ1v) is 11.0. The fourth-order valence-corrected chi connectivity index (χ4v) is 7.27. The first kappa shape index (κ1) is 16.5. The second kappa shape index (κ2) is 6.01. The van der Waals surface area contributed by atoms with Gasteiger partial charge in [-0.05, 0) is 41.1 Å². The molecule has 0 aliphatic rings. The summed E-state index contributed by atoms with van der Waals surface area (Å²) in [6.45, 7) is 8.16. The van der Waals surface area contributed by atoms with E-state index in [2.05, 4.69) is 100 Å². The monoisotopic (exact) mass is 390 g/mol. The largest absolute Gasteiger partial charge is 0.281 e. The van der Waals surface area contributed by atoms with Gasteiger partial charge in [-0.2, -0.15) is 0 Å². The van der Waals surface area contributed by atoms with Crippen LogP contribution in [0.25, 0.3) is 50.2 Å². The highest BCUT2D eigenvalue weighted by Crippen LogP contribution is 2.49. The minimum absolute atomic E-state index is 0.832. The van der Waals surface area contributed by atoms with E-state index in [1.54, 1.807) is 0 Å². The van der Waals surface area contributed by atoms with Crippen molar-refractivity contribution in [2.75, 3.05) is 0 Å². The molecule has 1 atom stereocenters. The van der Waals surface area contributed by atoms with Crippen LogP contribution in [0.2, 0.25) is 0 Å². The third kappa shape index (κ3) is 2.12. The first-order chi connectivity index (χ1) is 14.3. The molecule has 0 N–H and O–H groups in total. The molecule has 1 unspecified atom stereocenters. The van der Waals surface area contributed by atoms with Gasteiger partial charge in [-0.25, -0.2) is 0 Å². The molecule has 3 heteroatoms. The molecule has 2 nitrogen and oxygen atoms in total. The summed E-state index contributed by atoms with van der Waals surface area (Å²) in [5.74, 6) is 0. The number of fused-ring (bicyclic) bond motifs is 6. The van der Waals surface area contributed by atoms with Crippen LogP contribution in [0.1, 0.15) is 11.3 Å². The molecule has 0 amide bonds. The summed E-state index contributed by atoms with van der Waals surface area (Å²) >= 11 is 0. The fourth-order valence-electron chi connectivity index (χ4n) is 4.50. The van der Waals surface area contributed by atoms with Crippen molar-refractivity contribution in [3.05, 3.63) is 103 Å². The molecule has 0 aliphatic carbocycles. The lowest BCUT2D eigenvalue weighted by Gasteiger charge is -2.11. The van der Waals surface area contributed by atoms with Crippen LogP contribution in [0, 0.1) is 0 Å². The number of aromatic nitrogens is 2. The zero-order valence-electron chi connectivity index (χ0n) is 15.9. The Balaban J connectivity index is 1.92. The van der Waals surface area contributed by atoms with E-state index >= 15 is 0 Å². The molecule has 6 aromatic rings. The average Bonchev–Trinajstić information content (AvgIpc) is 3.40. The summed E-state index contributed by atoms with van der Waals surface area (Å²) in [7, 11) is -0.832. The Labute approximate surface area is 169 Å². The van der Waals surface area contributed by atoms with Crippen molar-refractivity contribution in [1.82, 2.24) is 8.33 Å². The second-order valence-electron chi connectivity index (χ2n) is 7.28. The van der Waals surface area contributed by atoms with Gasteiger partial charge in [0, 0.05) is 16.3 Å². The van der Waals surface area contributed by atoms with Crippen LogP contribution < -0.4 is 0 Å². The third-order valence-electron chi connectivity index (χ3n) is 5.77. The lowest BCUT2D eigenvalue weighted by atomic mass is 10.1. The molecule has 6 rings (SSSR count). The maximum Gasteiger partial charge on any atom is 0.0757 e. The molecule has 0 saturated carbocycles. The van der Waals surface area contributed by atoms with E-state index in [0.29, 0.717) is 0 Å². The van der Waals surface area contributed by atoms with Crippen LogP contribution in [-0.4, -0.2) is 8.33 Å². The lowest BCUT2D eigenvalue weighted by Crippen LogP contribution is -1.87. The molecule has 0 spiro atoms. The molecule has 29 heavy (non-hydrogen) atoms. The quantitative estimate of drug-likeness (QED) is 0.292. The number of benzene rings is 3. The molecule has 0 radical (unpaired) electrons. The molecule has 3 aromatic heterocycles. The van der Waals surface area contributed by atoms with Crippen molar-refractivity contribution in [2.24, 2.45) is 0 Å². The van der Waals surface area contributed by atoms with Gasteiger partial charge in [0.05, 0.1) is 30.1 Å². The Kier molecular flexibility index (Phi) is 3.41. The van der Waals surface area contributed by atoms with Crippen LogP contribution in [0.5, 0.6) is 0 Å². The van der Waals surface area contributed by atoms with Gasteiger partial charge < -0.3 is 0 Å². The Bertz CT molecular complexity index is 1580. The Morgan fingerprint density at radius 1 is 0.655 bits per heavy atom. The lowest BCUT2D eigenvalue weighted by molar-refractivity contribution is 1.34. The number of hydrogen-bond acceptors (Lipinski definition) is 0. The van der Waals surface area contributed by atoms with E-state index in [-0.39, 0.29) is 0 Å². The van der Waals surface area contributed by atoms with Gasteiger partial charge >= 0.3 is 0 Å². The van der Waals surface area contributed by atoms with Crippen molar-refractivity contribution >= 4 is 52.7 Å². The summed E-state index contributed by atoms with van der Waals surface area (Å²) in [6, 6.07) is 28.6. The molecule has 0 bridgehead atoms. The molecule has 138 valence electrons. The van der Waals surface area contributed by atoms with Crippen molar-refractivity contribution in [3.63, 3.8) is 0 Å². The Morgan fingerprint density at radius 2 is 1.38 bits per heavy atom. The molecule has 3 heterocycles. The predicted molar refractivity (Wildman–Crippen MR) is 128 cm³/mol. The SMILES string of the molecule is C=Cc1cc2c3cc4ccccc4n3p(-c3cccc4ccccc34)n2c1C=C. The fraction of sp³-hybridized carbons (Fsp3) is 0. The van der Waals surface area contributed by atoms with Gasteiger partial charge in [0.1, 0.15) is 0 Å². The van der Waals surface area contributed by atoms with Gasteiger partial charge in [0.15, 0.2) is 0 Å². The summed E-state index contributed by atoms with van der Waals surface area (Å²) in [5, 5.41) is 5.22. The normalized spacial score (nSPS) is 12.3. The zero-order valence-corrected chi connectivity index (χ0v) is 16.8. The first-order valence-electron chi connectivity index (χ1n) is 9.72. The summed E-state index contributed by atoms with van der Waals surface area (Å²) < 4.78 is 5.00. The number of para-hydroxylation sites is 1. The predicted octanol–water partition coefficient (Wildman–Crippen LogP) is 7.76. The van der Waals surface area contributed by atoms with Crippen LogP contribution in [0.3, 0.4) is 0 Å². The van der Waals surface area contributed by atoms with E-state index in [1.165, 1.54) is 38.0 Å². The standard InChI is InChI=1S/C26H19N2P/c1-3-18-16-24-25-17-20-11-6-8-14-23(20)28(25)29(27(24)22(18)4-2)26-15-9-12-19-10-5-7-13-21(19)26/h3-17H,1-2H2. The maximum absolute atomic E-state index is 4.12. The van der Waals surface area contributed by atoms with Crippen LogP contribution in [-0.2, 0) is 0 Å². The van der Waals surface area contributed by atoms with Crippen molar-refractivity contribution in [3.8, 4) is 5.30 Å². The Hall–Kier alpha value is -3.48. The average molecular weight is 390 g/mol. The van der Waals surface area contributed by atoms with Gasteiger partial charge in [0.25, 0.3) is 0 Å². The van der Waals surface area contributed by atoms with Crippen molar-refractivity contribution < 1.29 is 0 Å². The minimum Gasteiger partial charge on any atom is -0.281 e. The van der Waals surface area contributed by atoms with Gasteiger partial charge in [-0.1, -0.05) is 73.8 Å². The zero-order chi connectivity index (χ0) is 19.5. The van der Waals surface area contributed by atoms with E-state index in [9.17, 15) is 0 Å². The Morgan fingerprint density at radius 3 is 2.21 bits per heavy atom. The van der Waals surface area contributed by atoms with E-state index in [4.69, 9.17) is 0 Å². The van der Waals surface area contributed by atoms with Gasteiger partial charge in [0.2, 0.25) is 0 Å². The number of hydrogen-bond donors (Lipinski definition) is 0. The van der Waals surface area contributed by atoms with E-state index in [1.807, 2.05) is 12.2 Å². The summed E-state index contributed by atoms with van der Waals surface area (Å²) in [6.07, 6.45) is 3.90. The molecule has 0 saturated heterocycles. The second-order valence-corrected chi connectivity index (χ2v) is 9.14. The van der Waals surface area contributed by atoms with E-state index in [0.717, 1.165) is 11.3 Å². The molecular formula is C26H19N2P. The summed E-state index contributed by atoms with van der Waals surface area (Å²) in [4.78, 5) is 0. The maximum atomic E-state index is 4.12.